The summed E-state index contributed by atoms with van der Waals surface area (Å²) in [7, 11) is 0. The van der Waals surface area contributed by atoms with Crippen molar-refractivity contribution >= 4 is 11.9 Å². The first-order valence-electron chi connectivity index (χ1n) is 14.3. The quantitative estimate of drug-likeness (QED) is 0.235. The number of aliphatic hydroxyl groups is 1. The lowest BCUT2D eigenvalue weighted by Gasteiger charge is -2.28. The average molecular weight is 584 g/mol. The topological polar surface area (TPSA) is 84.9 Å². The van der Waals surface area contributed by atoms with E-state index in [0.717, 1.165) is 42.5 Å². The molecule has 2 N–H and O–H groups in total. The van der Waals surface area contributed by atoms with E-state index >= 15 is 0 Å². The molecular formula is C33H36F3NO5. The number of aliphatic hydroxyl groups excluding tert-OH is 1. The number of halogens is 3. The number of carbonyl (C=O) groups excluding carboxylic acids is 2. The normalized spacial score (nSPS) is 15.5. The van der Waals surface area contributed by atoms with E-state index in [2.05, 4.69) is 5.32 Å². The van der Waals surface area contributed by atoms with Crippen molar-refractivity contribution in [3.63, 3.8) is 0 Å². The summed E-state index contributed by atoms with van der Waals surface area (Å²) in [6, 6.07) is 19.5. The zero-order chi connectivity index (χ0) is 30.1. The van der Waals surface area contributed by atoms with E-state index in [1.165, 1.54) is 31.4 Å². The predicted molar refractivity (Wildman–Crippen MR) is 153 cm³/mol. The number of rotatable bonds is 11. The maximum absolute atomic E-state index is 13.1. The Balaban J connectivity index is 1.49. The largest absolute Gasteiger partial charge is 0.486 e. The molecule has 0 unspecified atom stereocenters. The lowest BCUT2D eigenvalue weighted by atomic mass is 9.84. The Morgan fingerprint density at radius 1 is 0.952 bits per heavy atom. The highest BCUT2D eigenvalue weighted by Gasteiger charge is 2.30. The Morgan fingerprint density at radius 3 is 2.29 bits per heavy atom. The van der Waals surface area contributed by atoms with Crippen LogP contribution in [0.2, 0.25) is 0 Å². The van der Waals surface area contributed by atoms with Gasteiger partial charge in [-0.3, -0.25) is 4.79 Å². The molecular weight excluding hydrogens is 547 g/mol. The molecule has 224 valence electrons. The standard InChI is InChI=1S/C33H36F3NO5/c1-2-41-32(40)29(38)21-37-31(39)24-13-17-28(18-14-24)42-30(19-22-7-4-3-5-8-22)26-10-6-9-25(20-26)23-11-15-27(16-12-23)33(34,35)36/h6,9-18,20,22,29-30,38H,2-5,7-8,19,21H2,1H3,(H,37,39)/t29-,30-/m0/s1. The number of ether oxygens (including phenoxy) is 2. The third-order valence-electron chi connectivity index (χ3n) is 7.49. The SMILES string of the molecule is CCOC(=O)[C@@H](O)CNC(=O)c1ccc(O[C@@H](CC2CCCCC2)c2cccc(-c3ccc(C(F)(F)F)cc3)c2)cc1. The van der Waals surface area contributed by atoms with E-state index in [0.29, 0.717) is 22.8 Å². The summed E-state index contributed by atoms with van der Waals surface area (Å²) in [6.45, 7) is 1.49. The van der Waals surface area contributed by atoms with Crippen molar-refractivity contribution in [1.29, 1.82) is 0 Å². The minimum Gasteiger partial charge on any atom is -0.486 e. The van der Waals surface area contributed by atoms with Gasteiger partial charge in [-0.1, -0.05) is 62.4 Å². The van der Waals surface area contributed by atoms with Crippen molar-refractivity contribution in [2.45, 2.75) is 63.8 Å². The fourth-order valence-corrected chi connectivity index (χ4v) is 5.21. The number of hydrogen-bond donors (Lipinski definition) is 2. The Hall–Kier alpha value is -3.85. The Labute approximate surface area is 243 Å². The molecule has 0 heterocycles. The highest BCUT2D eigenvalue weighted by atomic mass is 19.4. The second-order valence-corrected chi connectivity index (χ2v) is 10.5. The maximum atomic E-state index is 13.1. The first-order valence-corrected chi connectivity index (χ1v) is 14.3. The van der Waals surface area contributed by atoms with Crippen LogP contribution in [0.4, 0.5) is 13.2 Å². The van der Waals surface area contributed by atoms with Crippen LogP contribution in [-0.4, -0.2) is 36.2 Å². The average Bonchev–Trinajstić information content (AvgIpc) is 3.00. The molecule has 0 spiro atoms. The molecule has 0 aliphatic heterocycles. The van der Waals surface area contributed by atoms with Gasteiger partial charge in [0.25, 0.3) is 5.91 Å². The Bertz CT molecular complexity index is 1320. The molecule has 1 saturated carbocycles. The van der Waals surface area contributed by atoms with E-state index in [9.17, 15) is 27.9 Å². The van der Waals surface area contributed by atoms with Crippen LogP contribution < -0.4 is 10.1 Å². The van der Waals surface area contributed by atoms with E-state index in [4.69, 9.17) is 9.47 Å². The highest BCUT2D eigenvalue weighted by molar-refractivity contribution is 5.94. The molecule has 1 aliphatic carbocycles. The van der Waals surface area contributed by atoms with Crippen LogP contribution in [0.5, 0.6) is 5.75 Å². The summed E-state index contributed by atoms with van der Waals surface area (Å²) in [5.74, 6) is -0.186. The van der Waals surface area contributed by atoms with E-state index in [1.807, 2.05) is 24.3 Å². The monoisotopic (exact) mass is 583 g/mol. The summed E-state index contributed by atoms with van der Waals surface area (Å²) in [4.78, 5) is 24.1. The fraction of sp³-hybridized carbons (Fsp3) is 0.394. The number of amides is 1. The van der Waals surface area contributed by atoms with Crippen molar-refractivity contribution < 1.29 is 37.3 Å². The summed E-state index contributed by atoms with van der Waals surface area (Å²) in [5.41, 5.74) is 2.06. The van der Waals surface area contributed by atoms with Crippen LogP contribution in [0.1, 0.15) is 73.0 Å². The Morgan fingerprint density at radius 2 is 1.64 bits per heavy atom. The highest BCUT2D eigenvalue weighted by Crippen LogP contribution is 2.36. The van der Waals surface area contributed by atoms with Crippen molar-refractivity contribution in [3.05, 3.63) is 89.5 Å². The molecule has 4 rings (SSSR count). The van der Waals surface area contributed by atoms with E-state index < -0.39 is 29.7 Å². The van der Waals surface area contributed by atoms with Gasteiger partial charge in [0.15, 0.2) is 6.10 Å². The summed E-state index contributed by atoms with van der Waals surface area (Å²) in [5, 5.41) is 12.3. The smallest absolute Gasteiger partial charge is 0.416 e. The van der Waals surface area contributed by atoms with Gasteiger partial charge in [-0.05, 0) is 78.4 Å². The van der Waals surface area contributed by atoms with Crippen molar-refractivity contribution in [2.24, 2.45) is 5.92 Å². The molecule has 1 aliphatic rings. The molecule has 2 atom stereocenters. The van der Waals surface area contributed by atoms with Crippen LogP contribution in [0.15, 0.2) is 72.8 Å². The molecule has 1 fully saturated rings. The number of alkyl halides is 3. The summed E-state index contributed by atoms with van der Waals surface area (Å²) >= 11 is 0. The first-order chi connectivity index (χ1) is 20.1. The lowest BCUT2D eigenvalue weighted by Crippen LogP contribution is -2.37. The van der Waals surface area contributed by atoms with Crippen LogP contribution >= 0.6 is 0 Å². The third kappa shape index (κ3) is 8.58. The molecule has 3 aromatic rings. The zero-order valence-electron chi connectivity index (χ0n) is 23.5. The number of hydrogen-bond acceptors (Lipinski definition) is 5. The molecule has 42 heavy (non-hydrogen) atoms. The van der Waals surface area contributed by atoms with E-state index in [1.54, 1.807) is 31.2 Å². The number of nitrogens with one attached hydrogen (secondary N) is 1. The van der Waals surface area contributed by atoms with Crippen molar-refractivity contribution in [1.82, 2.24) is 5.32 Å². The van der Waals surface area contributed by atoms with Gasteiger partial charge in [-0.25, -0.2) is 4.79 Å². The Kier molecular flexibility index (Phi) is 10.6. The molecule has 3 aromatic carbocycles. The van der Waals surface area contributed by atoms with Crippen molar-refractivity contribution in [2.75, 3.05) is 13.2 Å². The van der Waals surface area contributed by atoms with Crippen LogP contribution in [0, 0.1) is 5.92 Å². The van der Waals surface area contributed by atoms with Gasteiger partial charge in [0, 0.05) is 5.56 Å². The second kappa shape index (κ2) is 14.4. The van der Waals surface area contributed by atoms with Crippen molar-refractivity contribution in [3.8, 4) is 16.9 Å². The van der Waals surface area contributed by atoms with Crippen LogP contribution in [-0.2, 0) is 15.7 Å². The minimum absolute atomic E-state index is 0.131. The number of esters is 1. The molecule has 1 amide bonds. The maximum Gasteiger partial charge on any atom is 0.416 e. The molecule has 0 saturated heterocycles. The first kappa shape index (κ1) is 31.1. The van der Waals surface area contributed by atoms with Crippen LogP contribution in [0.3, 0.4) is 0 Å². The number of benzene rings is 3. The zero-order valence-corrected chi connectivity index (χ0v) is 23.5. The van der Waals surface area contributed by atoms with Gasteiger partial charge in [0.1, 0.15) is 11.9 Å². The summed E-state index contributed by atoms with van der Waals surface area (Å²) in [6.07, 6.45) is 0.493. The van der Waals surface area contributed by atoms with Gasteiger partial charge in [-0.2, -0.15) is 13.2 Å². The molecule has 0 aromatic heterocycles. The summed E-state index contributed by atoms with van der Waals surface area (Å²) < 4.78 is 50.4. The van der Waals surface area contributed by atoms with Gasteiger partial charge in [-0.15, -0.1) is 0 Å². The number of carbonyl (C=O) groups is 2. The lowest BCUT2D eigenvalue weighted by molar-refractivity contribution is -0.152. The van der Waals surface area contributed by atoms with Gasteiger partial charge >= 0.3 is 12.1 Å². The van der Waals surface area contributed by atoms with Gasteiger partial charge in [0.2, 0.25) is 0 Å². The van der Waals surface area contributed by atoms with E-state index in [-0.39, 0.29) is 19.3 Å². The molecule has 0 radical (unpaired) electrons. The molecule has 9 heteroatoms. The fourth-order valence-electron chi connectivity index (χ4n) is 5.21. The minimum atomic E-state index is -4.39. The predicted octanol–water partition coefficient (Wildman–Crippen LogP) is 7.12. The molecule has 6 nitrogen and oxygen atoms in total. The van der Waals surface area contributed by atoms with Crippen LogP contribution in [0.25, 0.3) is 11.1 Å². The molecule has 0 bridgehead atoms. The third-order valence-corrected chi connectivity index (χ3v) is 7.49. The second-order valence-electron chi connectivity index (χ2n) is 10.5. The van der Waals surface area contributed by atoms with Gasteiger partial charge < -0.3 is 19.9 Å². The van der Waals surface area contributed by atoms with Gasteiger partial charge in [0.05, 0.1) is 18.7 Å².